The first-order valence-electron chi connectivity index (χ1n) is 8.47. The molecular weight excluding hydrogens is 339 g/mol. The highest BCUT2D eigenvalue weighted by molar-refractivity contribution is 5.43. The van der Waals surface area contributed by atoms with Crippen molar-refractivity contribution in [1.29, 1.82) is 0 Å². The van der Waals surface area contributed by atoms with E-state index in [9.17, 15) is 14.6 Å². The fourth-order valence-electron chi connectivity index (χ4n) is 3.51. The molecule has 0 spiro atoms. The predicted octanol–water partition coefficient (Wildman–Crippen LogP) is 3.63. The molecule has 1 aliphatic heterocycles. The van der Waals surface area contributed by atoms with E-state index in [0.29, 0.717) is 24.5 Å². The Labute approximate surface area is 151 Å². The van der Waals surface area contributed by atoms with E-state index in [0.717, 1.165) is 11.1 Å². The number of hydrogen-bond acceptors (Lipinski definition) is 5. The Hall–Kier alpha value is -2.47. The molecule has 140 valence electrons. The van der Waals surface area contributed by atoms with Crippen LogP contribution >= 0.6 is 0 Å². The third-order valence-electron chi connectivity index (χ3n) is 4.94. The second-order valence-electron chi connectivity index (χ2n) is 6.47. The Balaban J connectivity index is 1.79. The summed E-state index contributed by atoms with van der Waals surface area (Å²) in [6.45, 7) is -0.0701. The van der Waals surface area contributed by atoms with Gasteiger partial charge in [0.05, 0.1) is 33.6 Å². The zero-order valence-electron chi connectivity index (χ0n) is 14.8. The average Bonchev–Trinajstić information content (AvgIpc) is 3.06. The number of phenols is 2. The van der Waals surface area contributed by atoms with Crippen molar-refractivity contribution in [3.05, 3.63) is 47.5 Å². The summed E-state index contributed by atoms with van der Waals surface area (Å²) in [5.41, 5.74) is 1.74. The second-order valence-corrected chi connectivity index (χ2v) is 6.47. The lowest BCUT2D eigenvalue weighted by Gasteiger charge is -2.21. The van der Waals surface area contributed by atoms with Gasteiger partial charge < -0.3 is 24.4 Å². The van der Waals surface area contributed by atoms with Crippen molar-refractivity contribution in [3.8, 4) is 23.0 Å². The van der Waals surface area contributed by atoms with Crippen LogP contribution in [0, 0.1) is 11.8 Å². The molecule has 1 aliphatic rings. The monoisotopic (exact) mass is 362 g/mol. The molecule has 6 heteroatoms. The zero-order chi connectivity index (χ0) is 18.7. The van der Waals surface area contributed by atoms with E-state index in [4.69, 9.17) is 14.2 Å². The highest BCUT2D eigenvalue weighted by Crippen LogP contribution is 2.42. The van der Waals surface area contributed by atoms with Crippen LogP contribution in [0.15, 0.2) is 36.4 Å². The van der Waals surface area contributed by atoms with Gasteiger partial charge in [-0.25, -0.2) is 0 Å². The van der Waals surface area contributed by atoms with Crippen molar-refractivity contribution in [2.45, 2.75) is 12.5 Å². The third-order valence-corrected chi connectivity index (χ3v) is 4.94. The molecule has 0 aliphatic carbocycles. The number of rotatable bonds is 6. The molecule has 0 unspecified atom stereocenters. The lowest BCUT2D eigenvalue weighted by Crippen LogP contribution is -2.19. The lowest BCUT2D eigenvalue weighted by molar-refractivity contribution is 0.0838. The number of benzene rings is 2. The van der Waals surface area contributed by atoms with Gasteiger partial charge >= 0.3 is 0 Å². The maximum absolute atomic E-state index is 13.8. The molecular formula is C20H23FO5. The molecule has 1 heterocycles. The van der Waals surface area contributed by atoms with Crippen molar-refractivity contribution in [3.63, 3.8) is 0 Å². The van der Waals surface area contributed by atoms with Gasteiger partial charge in [0.25, 0.3) is 0 Å². The number of alkyl halides is 1. The number of hydrogen-bond donors (Lipinski definition) is 2. The van der Waals surface area contributed by atoms with Gasteiger partial charge in [-0.1, -0.05) is 12.1 Å². The molecule has 0 bridgehead atoms. The van der Waals surface area contributed by atoms with Crippen molar-refractivity contribution >= 4 is 0 Å². The highest BCUT2D eigenvalue weighted by Gasteiger charge is 2.38. The van der Waals surface area contributed by atoms with Crippen LogP contribution in [0.4, 0.5) is 4.39 Å². The molecule has 0 radical (unpaired) electrons. The lowest BCUT2D eigenvalue weighted by atomic mass is 9.84. The smallest absolute Gasteiger partial charge is 0.160 e. The van der Waals surface area contributed by atoms with Gasteiger partial charge in [0.15, 0.2) is 23.0 Å². The Bertz CT molecular complexity index is 764. The molecule has 5 nitrogen and oxygen atoms in total. The summed E-state index contributed by atoms with van der Waals surface area (Å²) in [4.78, 5) is 0. The van der Waals surface area contributed by atoms with Crippen molar-refractivity contribution in [1.82, 2.24) is 0 Å². The molecule has 2 aromatic rings. The van der Waals surface area contributed by atoms with Gasteiger partial charge in [0.1, 0.15) is 0 Å². The summed E-state index contributed by atoms with van der Waals surface area (Å²) < 4.78 is 30.0. The van der Waals surface area contributed by atoms with Crippen LogP contribution in [0.1, 0.15) is 17.2 Å². The molecule has 0 saturated carbocycles. The molecule has 3 atom stereocenters. The number of aromatic hydroxyl groups is 2. The van der Waals surface area contributed by atoms with E-state index >= 15 is 0 Å². The first kappa shape index (κ1) is 18.3. The fourth-order valence-corrected chi connectivity index (χ4v) is 3.51. The summed E-state index contributed by atoms with van der Waals surface area (Å²) in [5, 5.41) is 19.5. The first-order chi connectivity index (χ1) is 12.6. The molecule has 0 amide bonds. The van der Waals surface area contributed by atoms with Crippen molar-refractivity contribution in [2.75, 3.05) is 27.5 Å². The van der Waals surface area contributed by atoms with E-state index < -0.39 is 12.8 Å². The summed E-state index contributed by atoms with van der Waals surface area (Å²) in [6, 6.07) is 10.1. The molecule has 3 rings (SSSR count). The molecule has 1 fully saturated rings. The van der Waals surface area contributed by atoms with Crippen LogP contribution in [-0.2, 0) is 11.2 Å². The van der Waals surface area contributed by atoms with E-state index in [1.54, 1.807) is 24.3 Å². The Morgan fingerprint density at radius 2 is 1.69 bits per heavy atom. The zero-order valence-corrected chi connectivity index (χ0v) is 14.8. The van der Waals surface area contributed by atoms with Crippen molar-refractivity contribution < 1.29 is 28.8 Å². The summed E-state index contributed by atoms with van der Waals surface area (Å²) >= 11 is 0. The topological polar surface area (TPSA) is 68.2 Å². The van der Waals surface area contributed by atoms with Crippen LogP contribution in [0.3, 0.4) is 0 Å². The fraction of sp³-hybridized carbons (Fsp3) is 0.400. The summed E-state index contributed by atoms with van der Waals surface area (Å²) in [6.07, 6.45) is 0.232. The minimum atomic E-state index is -0.506. The quantitative estimate of drug-likeness (QED) is 0.821. The largest absolute Gasteiger partial charge is 0.504 e. The second kappa shape index (κ2) is 7.83. The first-order valence-corrected chi connectivity index (χ1v) is 8.47. The maximum Gasteiger partial charge on any atom is 0.160 e. The minimum Gasteiger partial charge on any atom is -0.504 e. The average molecular weight is 362 g/mol. The van der Waals surface area contributed by atoms with Gasteiger partial charge in [-0.2, -0.15) is 0 Å². The number of ether oxygens (including phenoxy) is 3. The van der Waals surface area contributed by atoms with Gasteiger partial charge in [-0.05, 0) is 47.7 Å². The minimum absolute atomic E-state index is 0.000882. The standard InChI is InChI=1S/C20H23FO5/c1-24-18-8-12(3-5-16(18)22)7-14-11-26-20(15(14)10-21)13-4-6-17(23)19(9-13)25-2/h3-6,8-9,14-15,20,22-23H,7,10-11H2,1-2H3/t14-,15-,20+/m1/s1. The molecule has 1 saturated heterocycles. The van der Waals surface area contributed by atoms with Gasteiger partial charge in [0, 0.05) is 5.92 Å². The Morgan fingerprint density at radius 1 is 1.04 bits per heavy atom. The summed E-state index contributed by atoms with van der Waals surface area (Å²) in [7, 11) is 2.97. The van der Waals surface area contributed by atoms with Crippen LogP contribution < -0.4 is 9.47 Å². The number of methoxy groups -OCH3 is 2. The predicted molar refractivity (Wildman–Crippen MR) is 94.7 cm³/mol. The Morgan fingerprint density at radius 3 is 2.35 bits per heavy atom. The highest BCUT2D eigenvalue weighted by atomic mass is 19.1. The third kappa shape index (κ3) is 3.55. The van der Waals surface area contributed by atoms with Gasteiger partial charge in [-0.3, -0.25) is 4.39 Å². The van der Waals surface area contributed by atoms with E-state index in [-0.39, 0.29) is 23.3 Å². The van der Waals surface area contributed by atoms with E-state index in [1.165, 1.54) is 20.3 Å². The van der Waals surface area contributed by atoms with Crippen LogP contribution in [0.25, 0.3) is 0 Å². The van der Waals surface area contributed by atoms with Crippen LogP contribution in [0.2, 0.25) is 0 Å². The van der Waals surface area contributed by atoms with E-state index in [2.05, 4.69) is 0 Å². The SMILES string of the molecule is COc1cc(C[C@@H]2CO[C@@H](c3ccc(O)c(OC)c3)[C@@H]2CF)ccc1O. The number of phenolic OH excluding ortho intramolecular Hbond substituents is 2. The van der Waals surface area contributed by atoms with Gasteiger partial charge in [-0.15, -0.1) is 0 Å². The number of halogens is 1. The van der Waals surface area contributed by atoms with E-state index in [1.807, 2.05) is 6.07 Å². The molecule has 0 aromatic heterocycles. The molecule has 2 N–H and O–H groups in total. The maximum atomic E-state index is 13.8. The molecule has 2 aromatic carbocycles. The van der Waals surface area contributed by atoms with Crippen LogP contribution in [-0.4, -0.2) is 37.7 Å². The van der Waals surface area contributed by atoms with Gasteiger partial charge in [0.2, 0.25) is 0 Å². The van der Waals surface area contributed by atoms with Crippen molar-refractivity contribution in [2.24, 2.45) is 11.8 Å². The molecule has 26 heavy (non-hydrogen) atoms. The normalized spacial score (nSPS) is 22.3. The Kier molecular flexibility index (Phi) is 5.52. The van der Waals surface area contributed by atoms with Crippen LogP contribution in [0.5, 0.6) is 23.0 Å². The summed E-state index contributed by atoms with van der Waals surface area (Å²) in [5.74, 6) is 0.561.